The third-order valence-corrected chi connectivity index (χ3v) is 4.39. The standard InChI is InChI=1S/C19H18N6O/c1-13-7-3-4-8-16(13)25-14(2)15(11-21-25)19(26)20-12-18-23-22-17-9-5-6-10-24(17)18/h3-11H,12H2,1-2H3,(H,20,26). The average molecular weight is 346 g/mol. The number of fused-ring (bicyclic) bond motifs is 1. The third-order valence-electron chi connectivity index (χ3n) is 4.39. The number of carbonyl (C=O) groups excluding carboxylic acids is 1. The molecule has 0 unspecified atom stereocenters. The van der Waals surface area contributed by atoms with E-state index in [1.165, 1.54) is 0 Å². The Morgan fingerprint density at radius 3 is 2.73 bits per heavy atom. The third kappa shape index (κ3) is 2.73. The largest absolute Gasteiger partial charge is 0.345 e. The fraction of sp³-hybridized carbons (Fsp3) is 0.158. The smallest absolute Gasteiger partial charge is 0.255 e. The second kappa shape index (κ2) is 6.44. The molecule has 7 heteroatoms. The van der Waals surface area contributed by atoms with Gasteiger partial charge in [0.15, 0.2) is 11.5 Å². The Labute approximate surface area is 150 Å². The van der Waals surface area contributed by atoms with E-state index in [2.05, 4.69) is 20.6 Å². The molecule has 130 valence electrons. The van der Waals surface area contributed by atoms with Gasteiger partial charge in [0.25, 0.3) is 5.91 Å². The minimum Gasteiger partial charge on any atom is -0.345 e. The number of nitrogens with zero attached hydrogens (tertiary/aromatic N) is 5. The molecule has 26 heavy (non-hydrogen) atoms. The van der Waals surface area contributed by atoms with Crippen LogP contribution < -0.4 is 5.32 Å². The summed E-state index contributed by atoms with van der Waals surface area (Å²) in [5.41, 5.74) is 4.15. The van der Waals surface area contributed by atoms with Gasteiger partial charge < -0.3 is 5.32 Å². The maximum Gasteiger partial charge on any atom is 0.255 e. The van der Waals surface area contributed by atoms with Crippen molar-refractivity contribution in [1.82, 2.24) is 29.7 Å². The molecule has 0 saturated carbocycles. The van der Waals surface area contributed by atoms with Crippen molar-refractivity contribution in [2.24, 2.45) is 0 Å². The first-order valence-corrected chi connectivity index (χ1v) is 8.32. The van der Waals surface area contributed by atoms with Crippen molar-refractivity contribution in [3.8, 4) is 5.69 Å². The molecule has 0 spiro atoms. The van der Waals surface area contributed by atoms with Crippen molar-refractivity contribution in [2.45, 2.75) is 20.4 Å². The number of para-hydroxylation sites is 1. The molecule has 0 bridgehead atoms. The molecule has 4 rings (SSSR count). The molecule has 3 aromatic heterocycles. The monoisotopic (exact) mass is 346 g/mol. The molecule has 3 heterocycles. The van der Waals surface area contributed by atoms with Gasteiger partial charge >= 0.3 is 0 Å². The highest BCUT2D eigenvalue weighted by molar-refractivity contribution is 5.95. The van der Waals surface area contributed by atoms with Gasteiger partial charge in [-0.25, -0.2) is 4.68 Å². The molecule has 0 atom stereocenters. The number of aromatic nitrogens is 5. The Balaban J connectivity index is 1.55. The summed E-state index contributed by atoms with van der Waals surface area (Å²) in [6.45, 7) is 4.20. The van der Waals surface area contributed by atoms with E-state index in [1.807, 2.05) is 66.9 Å². The highest BCUT2D eigenvalue weighted by Gasteiger charge is 2.16. The molecule has 0 aliphatic rings. The second-order valence-electron chi connectivity index (χ2n) is 6.07. The zero-order valence-corrected chi connectivity index (χ0v) is 14.5. The van der Waals surface area contributed by atoms with Crippen LogP contribution in [-0.2, 0) is 6.54 Å². The normalized spacial score (nSPS) is 11.0. The summed E-state index contributed by atoms with van der Waals surface area (Å²) in [6.07, 6.45) is 3.47. The summed E-state index contributed by atoms with van der Waals surface area (Å²) >= 11 is 0. The van der Waals surface area contributed by atoms with E-state index in [4.69, 9.17) is 0 Å². The molecule has 7 nitrogen and oxygen atoms in total. The molecule has 0 aliphatic heterocycles. The first kappa shape index (κ1) is 16.0. The number of nitrogens with one attached hydrogen (secondary N) is 1. The number of benzene rings is 1. The van der Waals surface area contributed by atoms with Crippen LogP contribution in [0.25, 0.3) is 11.3 Å². The number of rotatable bonds is 4. The van der Waals surface area contributed by atoms with Gasteiger partial charge in [-0.2, -0.15) is 5.10 Å². The van der Waals surface area contributed by atoms with Crippen molar-refractivity contribution in [2.75, 3.05) is 0 Å². The van der Waals surface area contributed by atoms with Crippen LogP contribution >= 0.6 is 0 Å². The highest BCUT2D eigenvalue weighted by atomic mass is 16.1. The van der Waals surface area contributed by atoms with Crippen LogP contribution in [0.2, 0.25) is 0 Å². The number of aryl methyl sites for hydroxylation is 1. The summed E-state index contributed by atoms with van der Waals surface area (Å²) in [5, 5.41) is 15.5. The summed E-state index contributed by atoms with van der Waals surface area (Å²) < 4.78 is 3.64. The molecule has 0 radical (unpaired) electrons. The van der Waals surface area contributed by atoms with Gasteiger partial charge in [0.1, 0.15) is 0 Å². The van der Waals surface area contributed by atoms with Gasteiger partial charge in [0, 0.05) is 6.20 Å². The Kier molecular flexibility index (Phi) is 3.96. The topological polar surface area (TPSA) is 77.1 Å². The van der Waals surface area contributed by atoms with Gasteiger partial charge in [0.05, 0.1) is 29.7 Å². The number of amides is 1. The van der Waals surface area contributed by atoms with E-state index in [0.29, 0.717) is 17.9 Å². The van der Waals surface area contributed by atoms with Crippen molar-refractivity contribution < 1.29 is 4.79 Å². The zero-order valence-electron chi connectivity index (χ0n) is 14.5. The van der Waals surface area contributed by atoms with E-state index >= 15 is 0 Å². The first-order valence-electron chi connectivity index (χ1n) is 8.32. The molecule has 0 fully saturated rings. The number of hydrogen-bond donors (Lipinski definition) is 1. The minimum absolute atomic E-state index is 0.185. The van der Waals surface area contributed by atoms with Crippen LogP contribution in [-0.4, -0.2) is 30.3 Å². The molecule has 0 saturated heterocycles. The highest BCUT2D eigenvalue weighted by Crippen LogP contribution is 2.17. The predicted molar refractivity (Wildman–Crippen MR) is 97.2 cm³/mol. The summed E-state index contributed by atoms with van der Waals surface area (Å²) in [4.78, 5) is 12.6. The second-order valence-corrected chi connectivity index (χ2v) is 6.07. The van der Waals surface area contributed by atoms with Gasteiger partial charge in [-0.15, -0.1) is 10.2 Å². The van der Waals surface area contributed by atoms with E-state index in [-0.39, 0.29) is 5.91 Å². The van der Waals surface area contributed by atoms with Gasteiger partial charge in [-0.3, -0.25) is 9.20 Å². The Hall–Kier alpha value is -3.48. The van der Waals surface area contributed by atoms with E-state index in [0.717, 1.165) is 22.6 Å². The maximum atomic E-state index is 12.6. The van der Waals surface area contributed by atoms with Crippen LogP contribution in [0.15, 0.2) is 54.9 Å². The van der Waals surface area contributed by atoms with Crippen LogP contribution in [0, 0.1) is 13.8 Å². The van der Waals surface area contributed by atoms with Gasteiger partial charge in [0.2, 0.25) is 0 Å². The lowest BCUT2D eigenvalue weighted by Crippen LogP contribution is -2.24. The SMILES string of the molecule is Cc1ccccc1-n1ncc(C(=O)NCc2nnc3ccccn23)c1C. The van der Waals surface area contributed by atoms with Crippen molar-refractivity contribution >= 4 is 11.6 Å². The Bertz CT molecular complexity index is 1090. The van der Waals surface area contributed by atoms with Gasteiger partial charge in [-0.05, 0) is 37.6 Å². The molecule has 4 aromatic rings. The lowest BCUT2D eigenvalue weighted by atomic mass is 10.2. The van der Waals surface area contributed by atoms with Crippen LogP contribution in [0.4, 0.5) is 0 Å². The molecule has 1 aromatic carbocycles. The van der Waals surface area contributed by atoms with E-state index in [1.54, 1.807) is 10.9 Å². The Morgan fingerprint density at radius 1 is 1.08 bits per heavy atom. The quantitative estimate of drug-likeness (QED) is 0.616. The minimum atomic E-state index is -0.185. The van der Waals surface area contributed by atoms with Crippen LogP contribution in [0.5, 0.6) is 0 Å². The predicted octanol–water partition coefficient (Wildman–Crippen LogP) is 2.46. The molecule has 1 N–H and O–H groups in total. The lowest BCUT2D eigenvalue weighted by Gasteiger charge is -2.08. The lowest BCUT2D eigenvalue weighted by molar-refractivity contribution is 0.0949. The molecule has 1 amide bonds. The van der Waals surface area contributed by atoms with Crippen molar-refractivity contribution in [1.29, 1.82) is 0 Å². The first-order chi connectivity index (χ1) is 12.6. The number of hydrogen-bond acceptors (Lipinski definition) is 4. The number of pyridine rings is 1. The fourth-order valence-corrected chi connectivity index (χ4v) is 2.94. The van der Waals surface area contributed by atoms with Crippen molar-refractivity contribution in [3.63, 3.8) is 0 Å². The maximum absolute atomic E-state index is 12.6. The summed E-state index contributed by atoms with van der Waals surface area (Å²) in [7, 11) is 0. The number of carbonyl (C=O) groups is 1. The Morgan fingerprint density at radius 2 is 1.88 bits per heavy atom. The fourth-order valence-electron chi connectivity index (χ4n) is 2.94. The van der Waals surface area contributed by atoms with Crippen molar-refractivity contribution in [3.05, 3.63) is 77.5 Å². The van der Waals surface area contributed by atoms with E-state index < -0.39 is 0 Å². The van der Waals surface area contributed by atoms with Gasteiger partial charge in [-0.1, -0.05) is 24.3 Å². The van der Waals surface area contributed by atoms with Crippen LogP contribution in [0.3, 0.4) is 0 Å². The zero-order chi connectivity index (χ0) is 18.1. The average Bonchev–Trinajstić information content (AvgIpc) is 3.24. The van der Waals surface area contributed by atoms with Crippen LogP contribution in [0.1, 0.15) is 27.4 Å². The molecule has 0 aliphatic carbocycles. The summed E-state index contributed by atoms with van der Waals surface area (Å²) in [6, 6.07) is 13.6. The van der Waals surface area contributed by atoms with E-state index in [9.17, 15) is 4.79 Å². The molecular weight excluding hydrogens is 328 g/mol. The summed E-state index contributed by atoms with van der Waals surface area (Å²) in [5.74, 6) is 0.493. The molecular formula is C19H18N6O.